The number of hydrogen-bond acceptors (Lipinski definition) is 4. The molecule has 0 radical (unpaired) electrons. The summed E-state index contributed by atoms with van der Waals surface area (Å²) in [6, 6.07) is 10.2. The molecule has 0 saturated carbocycles. The predicted molar refractivity (Wildman–Crippen MR) is 84.7 cm³/mol. The van der Waals surface area contributed by atoms with Gasteiger partial charge in [0.05, 0.1) is 5.69 Å². The Morgan fingerprint density at radius 1 is 1.26 bits per heavy atom. The molecule has 1 heterocycles. The van der Waals surface area contributed by atoms with Gasteiger partial charge in [-0.3, -0.25) is 10.1 Å². The number of carbonyl (C=O) groups is 2. The molecular weight excluding hydrogens is 298 g/mol. The van der Waals surface area contributed by atoms with Gasteiger partial charge in [0.25, 0.3) is 0 Å². The van der Waals surface area contributed by atoms with E-state index in [0.717, 1.165) is 0 Å². The zero-order valence-corrected chi connectivity index (χ0v) is 13.2. The van der Waals surface area contributed by atoms with Crippen LogP contribution >= 0.6 is 0 Å². The Labute approximate surface area is 133 Å². The number of benzene rings is 1. The molecule has 2 rings (SSSR count). The van der Waals surface area contributed by atoms with Gasteiger partial charge in [0.1, 0.15) is 18.1 Å². The molecule has 23 heavy (non-hydrogen) atoms. The maximum absolute atomic E-state index is 12.0. The fourth-order valence-electron chi connectivity index (χ4n) is 1.86. The molecule has 0 aliphatic heterocycles. The van der Waals surface area contributed by atoms with Gasteiger partial charge >= 0.3 is 12.1 Å². The first-order valence-electron chi connectivity index (χ1n) is 7.10. The van der Waals surface area contributed by atoms with E-state index in [2.05, 4.69) is 10.4 Å². The van der Waals surface area contributed by atoms with Crippen LogP contribution in [0.15, 0.2) is 36.4 Å². The first-order chi connectivity index (χ1) is 10.8. The second kappa shape index (κ2) is 6.51. The summed E-state index contributed by atoms with van der Waals surface area (Å²) >= 11 is 0. The first kappa shape index (κ1) is 16.5. The van der Waals surface area contributed by atoms with Crippen molar-refractivity contribution in [1.82, 2.24) is 9.78 Å². The van der Waals surface area contributed by atoms with Crippen molar-refractivity contribution in [3.8, 4) is 5.75 Å². The minimum atomic E-state index is -1.05. The van der Waals surface area contributed by atoms with E-state index < -0.39 is 12.1 Å². The van der Waals surface area contributed by atoms with Gasteiger partial charge in [-0.15, -0.1) is 0 Å². The van der Waals surface area contributed by atoms with E-state index in [1.54, 1.807) is 30.3 Å². The fourth-order valence-corrected chi connectivity index (χ4v) is 1.86. The molecule has 1 aromatic carbocycles. The number of nitrogens with one attached hydrogen (secondary N) is 1. The molecule has 0 bridgehead atoms. The summed E-state index contributed by atoms with van der Waals surface area (Å²) in [5.41, 5.74) is 0.400. The monoisotopic (exact) mass is 317 g/mol. The van der Waals surface area contributed by atoms with E-state index in [4.69, 9.17) is 9.84 Å². The quantitative estimate of drug-likeness (QED) is 0.904. The number of carboxylic acids is 1. The SMILES string of the molecule is CC(C)(C)c1cc(NC(=O)Oc2ccccc2)n(CC(=O)O)n1. The van der Waals surface area contributed by atoms with Crippen molar-refractivity contribution in [3.05, 3.63) is 42.1 Å². The van der Waals surface area contributed by atoms with Gasteiger partial charge in [-0.1, -0.05) is 39.0 Å². The van der Waals surface area contributed by atoms with E-state index in [1.807, 2.05) is 26.8 Å². The van der Waals surface area contributed by atoms with Crippen LogP contribution in [0.4, 0.5) is 10.6 Å². The van der Waals surface area contributed by atoms with Crippen LogP contribution in [-0.2, 0) is 16.8 Å². The third kappa shape index (κ3) is 4.57. The number of aliphatic carboxylic acids is 1. The molecule has 2 N–H and O–H groups in total. The normalized spacial score (nSPS) is 11.1. The number of ether oxygens (including phenoxy) is 1. The van der Waals surface area contributed by atoms with Crippen molar-refractivity contribution >= 4 is 17.9 Å². The molecule has 0 aliphatic carbocycles. The lowest BCUT2D eigenvalue weighted by atomic mass is 9.92. The molecule has 7 heteroatoms. The van der Waals surface area contributed by atoms with Crippen LogP contribution in [0.5, 0.6) is 5.75 Å². The highest BCUT2D eigenvalue weighted by atomic mass is 16.6. The third-order valence-corrected chi connectivity index (χ3v) is 3.02. The van der Waals surface area contributed by atoms with E-state index in [0.29, 0.717) is 11.4 Å². The zero-order valence-electron chi connectivity index (χ0n) is 13.2. The molecule has 122 valence electrons. The van der Waals surface area contributed by atoms with E-state index in [9.17, 15) is 9.59 Å². The molecule has 0 unspecified atom stereocenters. The van der Waals surface area contributed by atoms with Crippen LogP contribution in [0.1, 0.15) is 26.5 Å². The molecule has 0 spiro atoms. The highest BCUT2D eigenvalue weighted by Gasteiger charge is 2.22. The number of amides is 1. The largest absolute Gasteiger partial charge is 0.480 e. The summed E-state index contributed by atoms with van der Waals surface area (Å²) in [5, 5.41) is 15.7. The average Bonchev–Trinajstić information content (AvgIpc) is 2.82. The standard InChI is InChI=1S/C16H19N3O4/c1-16(2,3)12-9-13(19(18-12)10-14(20)21)17-15(22)23-11-7-5-4-6-8-11/h4-9H,10H2,1-3H3,(H,17,22)(H,20,21). The van der Waals surface area contributed by atoms with Crippen LogP contribution in [0.25, 0.3) is 0 Å². The highest BCUT2D eigenvalue weighted by Crippen LogP contribution is 2.24. The second-order valence-electron chi connectivity index (χ2n) is 6.04. The van der Waals surface area contributed by atoms with Gasteiger partial charge in [0.15, 0.2) is 0 Å². The van der Waals surface area contributed by atoms with Gasteiger partial charge in [-0.2, -0.15) is 5.10 Å². The number of carboxylic acid groups (broad SMARTS) is 1. The minimum Gasteiger partial charge on any atom is -0.480 e. The van der Waals surface area contributed by atoms with Crippen molar-refractivity contribution in [1.29, 1.82) is 0 Å². The first-order valence-corrected chi connectivity index (χ1v) is 7.10. The summed E-state index contributed by atoms with van der Waals surface area (Å²) in [6.45, 7) is 5.50. The Bertz CT molecular complexity index is 702. The summed E-state index contributed by atoms with van der Waals surface area (Å²) < 4.78 is 6.37. The van der Waals surface area contributed by atoms with Crippen LogP contribution in [0, 0.1) is 0 Å². The number of carbonyl (C=O) groups excluding carboxylic acids is 1. The van der Waals surface area contributed by atoms with Crippen molar-refractivity contribution in [2.24, 2.45) is 0 Å². The van der Waals surface area contributed by atoms with Gasteiger partial charge in [-0.05, 0) is 12.1 Å². The van der Waals surface area contributed by atoms with Crippen LogP contribution in [-0.4, -0.2) is 26.9 Å². The Morgan fingerprint density at radius 3 is 2.48 bits per heavy atom. The summed E-state index contributed by atoms with van der Waals surface area (Å²) in [7, 11) is 0. The van der Waals surface area contributed by atoms with Crippen molar-refractivity contribution < 1.29 is 19.4 Å². The Kier molecular flexibility index (Phi) is 4.68. The molecule has 1 amide bonds. The molecule has 0 fully saturated rings. The third-order valence-electron chi connectivity index (χ3n) is 3.02. The smallest absolute Gasteiger partial charge is 0.418 e. The minimum absolute atomic E-state index is 0.274. The van der Waals surface area contributed by atoms with Gasteiger partial charge in [0, 0.05) is 11.5 Å². The Balaban J connectivity index is 2.18. The summed E-state index contributed by atoms with van der Waals surface area (Å²) in [5.74, 6) is -0.378. The number of nitrogens with zero attached hydrogens (tertiary/aromatic N) is 2. The zero-order chi connectivity index (χ0) is 17.0. The topological polar surface area (TPSA) is 93.5 Å². The summed E-state index contributed by atoms with van der Waals surface area (Å²) in [6.07, 6.45) is -0.705. The Hall–Kier alpha value is -2.83. The molecule has 1 aromatic heterocycles. The molecule has 2 aromatic rings. The number of anilines is 1. The van der Waals surface area contributed by atoms with Crippen molar-refractivity contribution in [2.75, 3.05) is 5.32 Å². The number of hydrogen-bond donors (Lipinski definition) is 2. The molecule has 0 atom stereocenters. The van der Waals surface area contributed by atoms with Gasteiger partial charge < -0.3 is 9.84 Å². The predicted octanol–water partition coefficient (Wildman–Crippen LogP) is 2.88. The molecule has 7 nitrogen and oxygen atoms in total. The van der Waals surface area contributed by atoms with E-state index in [-0.39, 0.29) is 17.8 Å². The Morgan fingerprint density at radius 2 is 1.91 bits per heavy atom. The van der Waals surface area contributed by atoms with Crippen LogP contribution < -0.4 is 10.1 Å². The van der Waals surface area contributed by atoms with Gasteiger partial charge in [0.2, 0.25) is 0 Å². The molecular formula is C16H19N3O4. The fraction of sp³-hybridized carbons (Fsp3) is 0.312. The number of aromatic nitrogens is 2. The molecule has 0 saturated heterocycles. The van der Waals surface area contributed by atoms with E-state index in [1.165, 1.54) is 4.68 Å². The number of para-hydroxylation sites is 1. The van der Waals surface area contributed by atoms with Gasteiger partial charge in [-0.25, -0.2) is 9.48 Å². The van der Waals surface area contributed by atoms with Crippen LogP contribution in [0.2, 0.25) is 0 Å². The van der Waals surface area contributed by atoms with Crippen LogP contribution in [0.3, 0.4) is 0 Å². The lowest BCUT2D eigenvalue weighted by molar-refractivity contribution is -0.137. The van der Waals surface area contributed by atoms with Crippen molar-refractivity contribution in [3.63, 3.8) is 0 Å². The lowest BCUT2D eigenvalue weighted by Gasteiger charge is -2.13. The highest BCUT2D eigenvalue weighted by molar-refractivity contribution is 5.85. The van der Waals surface area contributed by atoms with E-state index >= 15 is 0 Å². The lowest BCUT2D eigenvalue weighted by Crippen LogP contribution is -2.21. The van der Waals surface area contributed by atoms with Crippen molar-refractivity contribution in [2.45, 2.75) is 32.7 Å². The maximum Gasteiger partial charge on any atom is 0.418 e. The number of rotatable bonds is 4. The average molecular weight is 317 g/mol. The second-order valence-corrected chi connectivity index (χ2v) is 6.04. The molecule has 0 aliphatic rings. The maximum atomic E-state index is 12.0. The summed E-state index contributed by atoms with van der Waals surface area (Å²) in [4.78, 5) is 22.9.